The van der Waals surface area contributed by atoms with Gasteiger partial charge in [0.15, 0.2) is 0 Å². The molecule has 0 heterocycles. The molecule has 0 saturated carbocycles. The second kappa shape index (κ2) is 4.23. The molecule has 0 aliphatic heterocycles. The molecular formula is C8H13NO3. The minimum absolute atomic E-state index is 0.262. The number of hydroxylamine groups is 1. The van der Waals surface area contributed by atoms with Gasteiger partial charge in [-0.25, -0.2) is 4.79 Å². The Morgan fingerprint density at radius 2 is 2.58 bits per heavy atom. The maximum absolute atomic E-state index is 10.5. The van der Waals surface area contributed by atoms with Gasteiger partial charge in [0.2, 0.25) is 0 Å². The Kier molecular flexibility index (Phi) is 3.25. The number of hydrogen-bond donors (Lipinski definition) is 2. The average Bonchev–Trinajstić information content (AvgIpc) is 2.06. The maximum Gasteiger partial charge on any atom is 0.331 e. The van der Waals surface area contributed by atoms with Crippen molar-refractivity contribution >= 4 is 5.97 Å². The Bertz CT molecular complexity index is 200. The smallest absolute Gasteiger partial charge is 0.331 e. The van der Waals surface area contributed by atoms with Crippen molar-refractivity contribution in [3.8, 4) is 0 Å². The van der Waals surface area contributed by atoms with E-state index in [9.17, 15) is 4.79 Å². The zero-order chi connectivity index (χ0) is 8.97. The van der Waals surface area contributed by atoms with Crippen molar-refractivity contribution in [2.45, 2.75) is 25.3 Å². The fourth-order valence-corrected chi connectivity index (χ4v) is 1.30. The molecule has 0 spiro atoms. The summed E-state index contributed by atoms with van der Waals surface area (Å²) in [5, 5.41) is 8.63. The monoisotopic (exact) mass is 171 g/mol. The van der Waals surface area contributed by atoms with Crippen molar-refractivity contribution in [2.24, 2.45) is 0 Å². The quantitative estimate of drug-likeness (QED) is 0.614. The lowest BCUT2D eigenvalue weighted by Gasteiger charge is -2.19. The first-order chi connectivity index (χ1) is 5.74. The normalized spacial score (nSPS) is 23.4. The summed E-state index contributed by atoms with van der Waals surface area (Å²) < 4.78 is 0. The van der Waals surface area contributed by atoms with E-state index < -0.39 is 5.97 Å². The Morgan fingerprint density at radius 3 is 3.00 bits per heavy atom. The first kappa shape index (κ1) is 9.22. The highest BCUT2D eigenvalue weighted by Gasteiger charge is 2.17. The third-order valence-corrected chi connectivity index (χ3v) is 1.97. The molecule has 0 radical (unpaired) electrons. The van der Waals surface area contributed by atoms with Crippen molar-refractivity contribution in [3.63, 3.8) is 0 Å². The van der Waals surface area contributed by atoms with Crippen LogP contribution >= 0.6 is 0 Å². The van der Waals surface area contributed by atoms with Gasteiger partial charge >= 0.3 is 5.97 Å². The lowest BCUT2D eigenvalue weighted by Crippen LogP contribution is -2.30. The summed E-state index contributed by atoms with van der Waals surface area (Å²) in [6.07, 6.45) is 3.93. The molecule has 2 N–H and O–H groups in total. The standard InChI is InChI=1S/C8H13NO3/c1-12-9-7-4-2-6(3-5-7)8(10)11/h2,7,9H,3-5H2,1H3,(H,10,11). The highest BCUT2D eigenvalue weighted by atomic mass is 16.6. The minimum Gasteiger partial charge on any atom is -0.478 e. The SMILES string of the molecule is CONC1CC=C(C(=O)O)CC1. The van der Waals surface area contributed by atoms with Gasteiger partial charge in [0.05, 0.1) is 7.11 Å². The summed E-state index contributed by atoms with van der Waals surface area (Å²) in [5.74, 6) is -0.800. The lowest BCUT2D eigenvalue weighted by atomic mass is 9.96. The third kappa shape index (κ3) is 2.32. The molecule has 0 aromatic rings. The van der Waals surface area contributed by atoms with Crippen LogP contribution in [0.1, 0.15) is 19.3 Å². The van der Waals surface area contributed by atoms with Crippen LogP contribution in [-0.2, 0) is 9.63 Å². The summed E-state index contributed by atoms with van der Waals surface area (Å²) in [6, 6.07) is 0.262. The van der Waals surface area contributed by atoms with E-state index >= 15 is 0 Å². The largest absolute Gasteiger partial charge is 0.478 e. The van der Waals surface area contributed by atoms with Gasteiger partial charge in [-0.1, -0.05) is 6.08 Å². The van der Waals surface area contributed by atoms with Gasteiger partial charge in [0, 0.05) is 11.6 Å². The Labute approximate surface area is 71.2 Å². The second-order valence-corrected chi connectivity index (χ2v) is 2.83. The molecule has 0 amide bonds. The van der Waals surface area contributed by atoms with Crippen LogP contribution in [0.3, 0.4) is 0 Å². The van der Waals surface area contributed by atoms with E-state index in [1.807, 2.05) is 0 Å². The summed E-state index contributed by atoms with van der Waals surface area (Å²) in [7, 11) is 1.57. The summed E-state index contributed by atoms with van der Waals surface area (Å²) in [5.41, 5.74) is 3.32. The van der Waals surface area contributed by atoms with Crippen molar-refractivity contribution in [3.05, 3.63) is 11.6 Å². The van der Waals surface area contributed by atoms with E-state index in [0.717, 1.165) is 12.8 Å². The van der Waals surface area contributed by atoms with Crippen LogP contribution in [-0.4, -0.2) is 24.2 Å². The summed E-state index contributed by atoms with van der Waals surface area (Å²) >= 11 is 0. The molecule has 12 heavy (non-hydrogen) atoms. The van der Waals surface area contributed by atoms with E-state index in [1.165, 1.54) is 0 Å². The van der Waals surface area contributed by atoms with Crippen LogP contribution in [0.4, 0.5) is 0 Å². The molecule has 68 valence electrons. The number of carboxylic acid groups (broad SMARTS) is 1. The molecule has 0 aromatic carbocycles. The van der Waals surface area contributed by atoms with E-state index in [1.54, 1.807) is 13.2 Å². The lowest BCUT2D eigenvalue weighted by molar-refractivity contribution is -0.133. The highest BCUT2D eigenvalue weighted by molar-refractivity contribution is 5.86. The average molecular weight is 171 g/mol. The van der Waals surface area contributed by atoms with Crippen molar-refractivity contribution in [1.29, 1.82) is 0 Å². The van der Waals surface area contributed by atoms with Crippen molar-refractivity contribution < 1.29 is 14.7 Å². The van der Waals surface area contributed by atoms with Gasteiger partial charge in [-0.3, -0.25) is 0 Å². The van der Waals surface area contributed by atoms with Gasteiger partial charge in [0.1, 0.15) is 0 Å². The number of rotatable bonds is 3. The first-order valence-electron chi connectivity index (χ1n) is 3.95. The van der Waals surface area contributed by atoms with Crippen LogP contribution in [0.15, 0.2) is 11.6 Å². The molecule has 1 aliphatic rings. The molecule has 1 atom stereocenters. The van der Waals surface area contributed by atoms with Gasteiger partial charge in [-0.15, -0.1) is 0 Å². The predicted molar refractivity (Wildman–Crippen MR) is 43.5 cm³/mol. The number of hydrogen-bond acceptors (Lipinski definition) is 3. The molecule has 0 bridgehead atoms. The molecule has 4 heteroatoms. The predicted octanol–water partition coefficient (Wildman–Crippen LogP) is 0.701. The van der Waals surface area contributed by atoms with Crippen LogP contribution in [0.2, 0.25) is 0 Å². The molecule has 1 aliphatic carbocycles. The Balaban J connectivity index is 2.42. The van der Waals surface area contributed by atoms with Gasteiger partial charge in [-0.2, -0.15) is 5.48 Å². The first-order valence-corrected chi connectivity index (χ1v) is 3.95. The molecule has 0 saturated heterocycles. The van der Waals surface area contributed by atoms with Gasteiger partial charge in [0.25, 0.3) is 0 Å². The summed E-state index contributed by atoms with van der Waals surface area (Å²) in [6.45, 7) is 0. The number of aliphatic carboxylic acids is 1. The second-order valence-electron chi connectivity index (χ2n) is 2.83. The van der Waals surface area contributed by atoms with Crippen LogP contribution in [0.5, 0.6) is 0 Å². The topological polar surface area (TPSA) is 58.6 Å². The van der Waals surface area contributed by atoms with Crippen LogP contribution < -0.4 is 5.48 Å². The van der Waals surface area contributed by atoms with Crippen molar-refractivity contribution in [1.82, 2.24) is 5.48 Å². The van der Waals surface area contributed by atoms with Crippen LogP contribution in [0.25, 0.3) is 0 Å². The molecule has 0 fully saturated rings. The zero-order valence-corrected chi connectivity index (χ0v) is 7.04. The van der Waals surface area contributed by atoms with Gasteiger partial charge < -0.3 is 9.94 Å². The molecule has 0 aromatic heterocycles. The van der Waals surface area contributed by atoms with E-state index in [2.05, 4.69) is 5.48 Å². The molecule has 1 unspecified atom stereocenters. The molecule has 1 rings (SSSR count). The Hall–Kier alpha value is -0.870. The van der Waals surface area contributed by atoms with Crippen LogP contribution in [0, 0.1) is 0 Å². The molecular weight excluding hydrogens is 158 g/mol. The fourth-order valence-electron chi connectivity index (χ4n) is 1.30. The summed E-state index contributed by atoms with van der Waals surface area (Å²) in [4.78, 5) is 15.2. The maximum atomic E-state index is 10.5. The fraction of sp³-hybridized carbons (Fsp3) is 0.625. The zero-order valence-electron chi connectivity index (χ0n) is 7.04. The van der Waals surface area contributed by atoms with Gasteiger partial charge in [-0.05, 0) is 19.3 Å². The van der Waals surface area contributed by atoms with E-state index in [4.69, 9.17) is 9.94 Å². The number of carboxylic acids is 1. The van der Waals surface area contributed by atoms with Crippen molar-refractivity contribution in [2.75, 3.05) is 7.11 Å². The number of nitrogens with one attached hydrogen (secondary N) is 1. The Morgan fingerprint density at radius 1 is 1.83 bits per heavy atom. The molecule has 4 nitrogen and oxygen atoms in total. The minimum atomic E-state index is -0.800. The van der Waals surface area contributed by atoms with E-state index in [0.29, 0.717) is 12.0 Å². The number of carbonyl (C=O) groups is 1. The third-order valence-electron chi connectivity index (χ3n) is 1.97. The van der Waals surface area contributed by atoms with E-state index in [-0.39, 0.29) is 6.04 Å². The highest BCUT2D eigenvalue weighted by Crippen LogP contribution is 2.17.